The maximum atomic E-state index is 12.6. The van der Waals surface area contributed by atoms with Gasteiger partial charge in [-0.3, -0.25) is 4.79 Å². The van der Waals surface area contributed by atoms with Crippen molar-refractivity contribution in [3.8, 4) is 11.5 Å². The zero-order valence-electron chi connectivity index (χ0n) is 17.8. The molecule has 1 amide bonds. The smallest absolute Gasteiger partial charge is 0.343 e. The Bertz CT molecular complexity index is 1380. The van der Waals surface area contributed by atoms with Crippen molar-refractivity contribution >= 4 is 39.9 Å². The standard InChI is InChI=1S/C27H20ClNO4/c1-32-24-14-18(9-13-23(24)33-27(31)17-6-10-19(28)11-7-17)21-15-25(30)29-22-12-8-16-4-2-3-5-20(16)26(21)22/h2-14,21H,15H2,1H3,(H,29,30)/t21-/m0/s1. The molecule has 1 atom stereocenters. The number of hydrogen-bond acceptors (Lipinski definition) is 4. The van der Waals surface area contributed by atoms with Crippen LogP contribution in [0, 0.1) is 0 Å². The molecule has 0 fully saturated rings. The van der Waals surface area contributed by atoms with Crippen LogP contribution in [0.5, 0.6) is 11.5 Å². The van der Waals surface area contributed by atoms with Crippen LogP contribution < -0.4 is 14.8 Å². The number of hydrogen-bond donors (Lipinski definition) is 1. The molecule has 0 aromatic heterocycles. The van der Waals surface area contributed by atoms with Gasteiger partial charge in [-0.05, 0) is 64.4 Å². The Morgan fingerprint density at radius 3 is 2.55 bits per heavy atom. The van der Waals surface area contributed by atoms with Crippen molar-refractivity contribution < 1.29 is 19.1 Å². The van der Waals surface area contributed by atoms with Crippen LogP contribution in [-0.4, -0.2) is 19.0 Å². The van der Waals surface area contributed by atoms with E-state index in [-0.39, 0.29) is 11.8 Å². The van der Waals surface area contributed by atoms with Crippen LogP contribution in [0.15, 0.2) is 78.9 Å². The third kappa shape index (κ3) is 4.03. The third-order valence-electron chi connectivity index (χ3n) is 5.86. The lowest BCUT2D eigenvalue weighted by Crippen LogP contribution is -2.23. The molecule has 0 aliphatic carbocycles. The van der Waals surface area contributed by atoms with E-state index in [1.54, 1.807) is 30.3 Å². The summed E-state index contributed by atoms with van der Waals surface area (Å²) in [7, 11) is 1.52. The lowest BCUT2D eigenvalue weighted by Gasteiger charge is -2.28. The average molecular weight is 458 g/mol. The first kappa shape index (κ1) is 21.0. The normalized spacial score (nSPS) is 15.0. The van der Waals surface area contributed by atoms with Crippen molar-refractivity contribution in [1.29, 1.82) is 0 Å². The minimum atomic E-state index is -0.508. The molecule has 0 saturated carbocycles. The van der Waals surface area contributed by atoms with Gasteiger partial charge in [-0.1, -0.05) is 48.0 Å². The second-order valence-corrected chi connectivity index (χ2v) is 8.30. The van der Waals surface area contributed by atoms with Crippen LogP contribution in [0.2, 0.25) is 5.02 Å². The molecule has 0 spiro atoms. The number of ether oxygens (including phenoxy) is 2. The first-order valence-electron chi connectivity index (χ1n) is 10.5. The molecule has 0 radical (unpaired) electrons. The highest BCUT2D eigenvalue weighted by Gasteiger charge is 2.29. The van der Waals surface area contributed by atoms with Gasteiger partial charge in [-0.25, -0.2) is 4.79 Å². The molecule has 4 aromatic carbocycles. The Labute approximate surface area is 195 Å². The quantitative estimate of drug-likeness (QED) is 0.293. The lowest BCUT2D eigenvalue weighted by atomic mass is 9.82. The molecule has 164 valence electrons. The summed E-state index contributed by atoms with van der Waals surface area (Å²) in [5.74, 6) is 0.0167. The van der Waals surface area contributed by atoms with Crippen LogP contribution in [0.3, 0.4) is 0 Å². The molecule has 1 aliphatic heterocycles. The highest BCUT2D eigenvalue weighted by molar-refractivity contribution is 6.30. The van der Waals surface area contributed by atoms with Gasteiger partial charge in [0.2, 0.25) is 5.91 Å². The van der Waals surface area contributed by atoms with Crippen molar-refractivity contribution in [1.82, 2.24) is 0 Å². The van der Waals surface area contributed by atoms with Gasteiger partial charge in [0.05, 0.1) is 12.7 Å². The second kappa shape index (κ2) is 8.60. The molecule has 5 rings (SSSR count). The van der Waals surface area contributed by atoms with E-state index in [2.05, 4.69) is 17.4 Å². The summed E-state index contributed by atoms with van der Waals surface area (Å²) in [6.07, 6.45) is 0.314. The molecule has 0 unspecified atom stereocenters. The van der Waals surface area contributed by atoms with Crippen molar-refractivity contribution in [2.75, 3.05) is 12.4 Å². The molecule has 6 heteroatoms. The first-order valence-corrected chi connectivity index (χ1v) is 10.9. The zero-order chi connectivity index (χ0) is 22.9. The number of carbonyl (C=O) groups is 2. The lowest BCUT2D eigenvalue weighted by molar-refractivity contribution is -0.116. The molecule has 0 saturated heterocycles. The summed E-state index contributed by atoms with van der Waals surface area (Å²) in [5.41, 5.74) is 3.17. The summed E-state index contributed by atoms with van der Waals surface area (Å²) in [6, 6.07) is 24.0. The SMILES string of the molecule is COc1cc([C@@H]2CC(=O)Nc3ccc4ccccc4c32)ccc1OC(=O)c1ccc(Cl)cc1. The monoisotopic (exact) mass is 457 g/mol. The molecule has 5 nitrogen and oxygen atoms in total. The Morgan fingerprint density at radius 1 is 0.970 bits per heavy atom. The zero-order valence-corrected chi connectivity index (χ0v) is 18.6. The number of carbonyl (C=O) groups excluding carboxylic acids is 2. The van der Waals surface area contributed by atoms with Crippen molar-refractivity contribution in [3.63, 3.8) is 0 Å². The number of esters is 1. The van der Waals surface area contributed by atoms with Gasteiger partial charge in [0.1, 0.15) is 0 Å². The van der Waals surface area contributed by atoms with E-state index in [0.717, 1.165) is 27.6 Å². The molecule has 1 N–H and O–H groups in total. The number of fused-ring (bicyclic) bond motifs is 3. The number of benzene rings is 4. The maximum absolute atomic E-state index is 12.6. The summed E-state index contributed by atoms with van der Waals surface area (Å²) in [5, 5.41) is 5.73. The Morgan fingerprint density at radius 2 is 1.76 bits per heavy atom. The predicted molar refractivity (Wildman–Crippen MR) is 128 cm³/mol. The minimum Gasteiger partial charge on any atom is -0.493 e. The van der Waals surface area contributed by atoms with E-state index in [4.69, 9.17) is 21.1 Å². The fraction of sp³-hybridized carbons (Fsp3) is 0.111. The van der Waals surface area contributed by atoms with Gasteiger partial charge in [0, 0.05) is 23.0 Å². The number of nitrogens with one attached hydrogen (secondary N) is 1. The number of rotatable bonds is 4. The Hall–Kier alpha value is -3.83. The highest BCUT2D eigenvalue weighted by Crippen LogP contribution is 2.43. The van der Waals surface area contributed by atoms with Crippen molar-refractivity contribution in [3.05, 3.63) is 101 Å². The molecule has 1 aliphatic rings. The number of anilines is 1. The number of halogens is 1. The molecule has 33 heavy (non-hydrogen) atoms. The van der Waals surface area contributed by atoms with E-state index < -0.39 is 5.97 Å². The fourth-order valence-electron chi connectivity index (χ4n) is 4.28. The van der Waals surface area contributed by atoms with E-state index in [9.17, 15) is 9.59 Å². The fourth-order valence-corrected chi connectivity index (χ4v) is 4.41. The topological polar surface area (TPSA) is 64.6 Å². The summed E-state index contributed by atoms with van der Waals surface area (Å²) in [6.45, 7) is 0. The van der Waals surface area contributed by atoms with E-state index >= 15 is 0 Å². The second-order valence-electron chi connectivity index (χ2n) is 7.86. The van der Waals surface area contributed by atoms with Crippen LogP contribution in [0.25, 0.3) is 10.8 Å². The summed E-state index contributed by atoms with van der Waals surface area (Å²) in [4.78, 5) is 25.0. The third-order valence-corrected chi connectivity index (χ3v) is 6.11. The van der Waals surface area contributed by atoms with Gasteiger partial charge < -0.3 is 14.8 Å². The molecule has 1 heterocycles. The van der Waals surface area contributed by atoms with Gasteiger partial charge in [0.25, 0.3) is 0 Å². The maximum Gasteiger partial charge on any atom is 0.343 e. The van der Waals surface area contributed by atoms with E-state index in [1.807, 2.05) is 36.4 Å². The van der Waals surface area contributed by atoms with E-state index in [1.165, 1.54) is 7.11 Å². The summed E-state index contributed by atoms with van der Waals surface area (Å²) >= 11 is 5.90. The predicted octanol–water partition coefficient (Wildman–Crippen LogP) is 6.20. The van der Waals surface area contributed by atoms with Crippen LogP contribution >= 0.6 is 11.6 Å². The largest absolute Gasteiger partial charge is 0.493 e. The van der Waals surface area contributed by atoms with Crippen molar-refractivity contribution in [2.24, 2.45) is 0 Å². The van der Waals surface area contributed by atoms with Crippen LogP contribution in [-0.2, 0) is 4.79 Å². The van der Waals surface area contributed by atoms with Gasteiger partial charge >= 0.3 is 5.97 Å². The molecular weight excluding hydrogens is 438 g/mol. The Kier molecular flexibility index (Phi) is 5.48. The molecule has 4 aromatic rings. The van der Waals surface area contributed by atoms with Gasteiger partial charge in [-0.15, -0.1) is 0 Å². The van der Waals surface area contributed by atoms with Crippen molar-refractivity contribution in [2.45, 2.75) is 12.3 Å². The first-order chi connectivity index (χ1) is 16.0. The van der Waals surface area contributed by atoms with Gasteiger partial charge in [0.15, 0.2) is 11.5 Å². The van der Waals surface area contributed by atoms with Crippen LogP contribution in [0.1, 0.15) is 33.8 Å². The van der Waals surface area contributed by atoms with Crippen LogP contribution in [0.4, 0.5) is 5.69 Å². The minimum absolute atomic E-state index is 0.0417. The average Bonchev–Trinajstić information content (AvgIpc) is 2.83. The Balaban J connectivity index is 1.52. The number of amides is 1. The molecular formula is C27H20ClNO4. The highest BCUT2D eigenvalue weighted by atomic mass is 35.5. The van der Waals surface area contributed by atoms with E-state index in [0.29, 0.717) is 28.5 Å². The summed E-state index contributed by atoms with van der Waals surface area (Å²) < 4.78 is 11.1. The number of methoxy groups -OCH3 is 1. The molecule has 0 bridgehead atoms. The van der Waals surface area contributed by atoms with Gasteiger partial charge in [-0.2, -0.15) is 0 Å².